The second-order valence-corrected chi connectivity index (χ2v) is 5.99. The molecule has 0 aromatic carbocycles. The van der Waals surface area contributed by atoms with E-state index in [0.29, 0.717) is 0 Å². The molecule has 0 aliphatic heterocycles. The van der Waals surface area contributed by atoms with Crippen LogP contribution in [0.2, 0.25) is 0 Å². The van der Waals surface area contributed by atoms with E-state index in [1.54, 1.807) is 0 Å². The van der Waals surface area contributed by atoms with Crippen molar-refractivity contribution in [3.8, 4) is 0 Å². The third-order valence-electron chi connectivity index (χ3n) is 2.15. The van der Waals surface area contributed by atoms with Gasteiger partial charge in [0.1, 0.15) is 0 Å². The van der Waals surface area contributed by atoms with Crippen LogP contribution in [0.4, 0.5) is 0 Å². The van der Waals surface area contributed by atoms with Gasteiger partial charge in [-0.25, -0.2) is 0 Å². The average Bonchev–Trinajstić information content (AvgIpc) is 2.29. The predicted octanol–water partition coefficient (Wildman–Crippen LogP) is 4.22. The molecule has 0 radical (unpaired) electrons. The first kappa shape index (κ1) is 20.2. The van der Waals surface area contributed by atoms with Crippen molar-refractivity contribution in [3.05, 3.63) is 0 Å². The van der Waals surface area contributed by atoms with Crippen molar-refractivity contribution in [2.24, 2.45) is 0 Å². The van der Waals surface area contributed by atoms with Crippen LogP contribution in [0.15, 0.2) is 0 Å². The summed E-state index contributed by atoms with van der Waals surface area (Å²) in [4.78, 5) is 0. The molecule has 0 heterocycles. The molecule has 0 spiro atoms. The Hall–Kier alpha value is 0.884. The fraction of sp³-hybridized carbons (Fsp3) is 1.00. The zero-order chi connectivity index (χ0) is 12.1. The summed E-state index contributed by atoms with van der Waals surface area (Å²) in [7, 11) is 0. The van der Waals surface area contributed by atoms with Crippen molar-refractivity contribution in [3.63, 3.8) is 0 Å². The molecule has 0 saturated carbocycles. The van der Waals surface area contributed by atoms with Crippen LogP contribution in [-0.4, -0.2) is 19.8 Å². The minimum atomic E-state index is -2.10. The zero-order valence-electron chi connectivity index (χ0n) is 11.5. The van der Waals surface area contributed by atoms with Gasteiger partial charge in [0, 0.05) is 0 Å². The van der Waals surface area contributed by atoms with E-state index in [1.807, 2.05) is 0 Å². The largest absolute Gasteiger partial charge is 0.147 e. The molecule has 105 valence electrons. The Labute approximate surface area is 120 Å². The van der Waals surface area contributed by atoms with Gasteiger partial charge in [0.15, 0.2) is 0 Å². The van der Waals surface area contributed by atoms with Crippen LogP contribution in [0.5, 0.6) is 0 Å². The Balaban J connectivity index is 0. The van der Waals surface area contributed by atoms with Crippen molar-refractivity contribution in [1.29, 1.82) is 0 Å². The predicted molar refractivity (Wildman–Crippen MR) is 69.8 cm³/mol. The molecule has 17 heavy (non-hydrogen) atoms. The molecule has 0 saturated heterocycles. The smallest absolute Gasteiger partial charge is 0.147 e. The molecule has 0 bridgehead atoms. The summed E-state index contributed by atoms with van der Waals surface area (Å²) < 4.78 is 17.1. The standard InChI is InChI=1S/3C4H9O.ClH.Ti/c3*1-2-3-4-5;;/h3*2-4H2,1H3;1H;/q3*-1;;+3. The molecule has 0 unspecified atom stereocenters. The summed E-state index contributed by atoms with van der Waals surface area (Å²) in [5.74, 6) is 0. The molecule has 0 aliphatic rings. The molecule has 0 aromatic rings. The first-order valence-electron chi connectivity index (χ1n) is 6.60. The second-order valence-electron chi connectivity index (χ2n) is 3.86. The van der Waals surface area contributed by atoms with Gasteiger partial charge >= 0.3 is 108 Å². The second kappa shape index (κ2) is 16.9. The number of hydrogen-bond acceptors (Lipinski definition) is 3. The van der Waals surface area contributed by atoms with Gasteiger partial charge in [-0.1, -0.05) is 0 Å². The van der Waals surface area contributed by atoms with E-state index in [1.165, 1.54) is 0 Å². The van der Waals surface area contributed by atoms with Crippen LogP contribution < -0.4 is 0 Å². The Morgan fingerprint density at radius 3 is 1.18 bits per heavy atom. The van der Waals surface area contributed by atoms with Crippen molar-refractivity contribution >= 4 is 12.4 Å². The maximum Gasteiger partial charge on any atom is -0.147 e. The van der Waals surface area contributed by atoms with Crippen LogP contribution in [0.1, 0.15) is 59.3 Å². The number of halogens is 1. The van der Waals surface area contributed by atoms with E-state index in [4.69, 9.17) is 9.96 Å². The van der Waals surface area contributed by atoms with Gasteiger partial charge in [-0.3, -0.25) is 0 Å². The molecule has 0 amide bonds. The first-order chi connectivity index (χ1) is 7.85. The maximum absolute atomic E-state index is 5.70. The van der Waals surface area contributed by atoms with Crippen LogP contribution in [0, 0.1) is 0 Å². The van der Waals surface area contributed by atoms with Gasteiger partial charge in [0.05, 0.1) is 0 Å². The zero-order valence-corrected chi connectivity index (χ0v) is 13.9. The minimum absolute atomic E-state index is 0. The molecule has 0 atom stereocenters. The van der Waals surface area contributed by atoms with E-state index in [2.05, 4.69) is 20.8 Å². The molecule has 0 N–H and O–H groups in total. The average molecular weight is 304 g/mol. The summed E-state index contributed by atoms with van der Waals surface area (Å²) in [5.41, 5.74) is 0. The summed E-state index contributed by atoms with van der Waals surface area (Å²) in [5, 5.41) is 0. The summed E-state index contributed by atoms with van der Waals surface area (Å²) in [6.45, 7) is 8.88. The fourth-order valence-electron chi connectivity index (χ4n) is 1.02. The molecule has 0 rings (SSSR count). The summed E-state index contributed by atoms with van der Waals surface area (Å²) in [6.07, 6.45) is 6.79. The summed E-state index contributed by atoms with van der Waals surface area (Å²) in [6, 6.07) is 0. The van der Waals surface area contributed by atoms with Crippen LogP contribution >= 0.6 is 12.4 Å². The summed E-state index contributed by atoms with van der Waals surface area (Å²) >= 11 is -2.10. The van der Waals surface area contributed by atoms with Gasteiger partial charge in [-0.15, -0.1) is 12.4 Å². The van der Waals surface area contributed by atoms with Gasteiger partial charge in [0.2, 0.25) is 0 Å². The van der Waals surface area contributed by atoms with Crippen molar-refractivity contribution < 1.29 is 29.0 Å². The van der Waals surface area contributed by atoms with Gasteiger partial charge in [0.25, 0.3) is 0 Å². The van der Waals surface area contributed by atoms with Crippen LogP contribution in [0.3, 0.4) is 0 Å². The minimum Gasteiger partial charge on any atom is -0.147 e. The number of unbranched alkanes of at least 4 members (excludes halogenated alkanes) is 3. The molecule has 0 aliphatic carbocycles. The Bertz CT molecular complexity index is 115. The van der Waals surface area contributed by atoms with Crippen molar-refractivity contribution in [2.45, 2.75) is 59.3 Å². The quantitative estimate of drug-likeness (QED) is 0.399. The normalized spacial score (nSPS) is 10.1. The Morgan fingerprint density at radius 1 is 0.647 bits per heavy atom. The Kier molecular flexibility index (Phi) is 20.1. The molecular weight excluding hydrogens is 275 g/mol. The monoisotopic (exact) mass is 303 g/mol. The SMILES string of the molecule is CCCC[O][Ti]([O]CCCC)[O]CCCC.Cl. The third-order valence-corrected chi connectivity index (χ3v) is 4.21. The first-order valence-corrected chi connectivity index (χ1v) is 8.51. The molecule has 5 heteroatoms. The van der Waals surface area contributed by atoms with Crippen LogP contribution in [0.25, 0.3) is 0 Å². The third kappa shape index (κ3) is 14.8. The van der Waals surface area contributed by atoms with Gasteiger partial charge < -0.3 is 0 Å². The van der Waals surface area contributed by atoms with Gasteiger partial charge in [-0.05, 0) is 0 Å². The number of hydrogen-bond donors (Lipinski definition) is 0. The molecular formula is C12H28ClO3Ti. The maximum atomic E-state index is 5.70. The van der Waals surface area contributed by atoms with Crippen molar-refractivity contribution in [1.82, 2.24) is 0 Å². The van der Waals surface area contributed by atoms with E-state index in [9.17, 15) is 0 Å². The molecule has 3 nitrogen and oxygen atoms in total. The van der Waals surface area contributed by atoms with E-state index in [-0.39, 0.29) is 12.4 Å². The molecule has 0 aromatic heterocycles. The fourth-order valence-corrected chi connectivity index (χ4v) is 2.87. The Morgan fingerprint density at radius 2 is 0.941 bits per heavy atom. The molecule has 0 fully saturated rings. The van der Waals surface area contributed by atoms with E-state index in [0.717, 1.165) is 58.3 Å². The van der Waals surface area contributed by atoms with Gasteiger partial charge in [-0.2, -0.15) is 0 Å². The van der Waals surface area contributed by atoms with E-state index < -0.39 is 19.0 Å². The topological polar surface area (TPSA) is 27.7 Å². The van der Waals surface area contributed by atoms with Crippen LogP contribution in [-0.2, 0) is 29.0 Å². The van der Waals surface area contributed by atoms with E-state index >= 15 is 0 Å². The number of rotatable bonds is 12. The van der Waals surface area contributed by atoms with Crippen molar-refractivity contribution in [2.75, 3.05) is 19.8 Å².